The topological polar surface area (TPSA) is 109 Å². The van der Waals surface area contributed by atoms with Crippen LogP contribution in [0.25, 0.3) is 0 Å². The molecule has 2 unspecified atom stereocenters. The van der Waals surface area contributed by atoms with Crippen molar-refractivity contribution in [3.8, 4) is 11.5 Å². The monoisotopic (exact) mass is 457 g/mol. The number of hydrogen-bond acceptors (Lipinski definition) is 6. The minimum absolute atomic E-state index is 0.0278. The van der Waals surface area contributed by atoms with Crippen LogP contribution in [-0.2, 0) is 11.3 Å². The lowest BCUT2D eigenvalue weighted by Gasteiger charge is -2.33. The van der Waals surface area contributed by atoms with Gasteiger partial charge in [0.25, 0.3) is 5.09 Å². The highest BCUT2D eigenvalue weighted by Gasteiger charge is 2.37. The molecule has 3 rings (SSSR count). The molecule has 1 heterocycles. The first-order valence-corrected chi connectivity index (χ1v) is 9.54. The van der Waals surface area contributed by atoms with Crippen LogP contribution in [0.1, 0.15) is 6.42 Å². The van der Waals surface area contributed by atoms with Gasteiger partial charge < -0.3 is 24.0 Å². The van der Waals surface area contributed by atoms with E-state index in [9.17, 15) is 0 Å². The highest BCUT2D eigenvalue weighted by Crippen LogP contribution is 2.38. The molecule has 0 fully saturated rings. The Morgan fingerprint density at radius 3 is 2.70 bits per heavy atom. The maximum atomic E-state index is 8.36. The van der Waals surface area contributed by atoms with Crippen molar-refractivity contribution >= 4 is 23.2 Å². The quantitative estimate of drug-likeness (QED) is 0.273. The van der Waals surface area contributed by atoms with Crippen molar-refractivity contribution in [2.24, 2.45) is 5.92 Å². The van der Waals surface area contributed by atoms with Gasteiger partial charge in [-0.2, -0.15) is 0 Å². The van der Waals surface area contributed by atoms with Crippen LogP contribution in [0.2, 0.25) is 0 Å². The van der Waals surface area contributed by atoms with Gasteiger partial charge in [-0.15, -0.1) is 10.1 Å². The Kier molecular flexibility index (Phi) is 8.97. The summed E-state index contributed by atoms with van der Waals surface area (Å²) in [7, 11) is 1.59. The molecular weight excluding hydrogens is 437 g/mol. The first-order chi connectivity index (χ1) is 14.3. The Morgan fingerprint density at radius 2 is 2.07 bits per heavy atom. The number of para-hydroxylation sites is 2. The predicted molar refractivity (Wildman–Crippen MR) is 110 cm³/mol. The zero-order chi connectivity index (χ0) is 22.0. The van der Waals surface area contributed by atoms with E-state index in [1.54, 1.807) is 25.7 Å². The summed E-state index contributed by atoms with van der Waals surface area (Å²) in [5.74, 6) is 1.16. The maximum absolute atomic E-state index is 8.36. The predicted octanol–water partition coefficient (Wildman–Crippen LogP) is 4.23. The molecule has 30 heavy (non-hydrogen) atoms. The number of hydrogen-bond donors (Lipinski definition) is 1. The molecule has 1 aromatic carbocycles. The first-order valence-electron chi connectivity index (χ1n) is 8.78. The molecule has 1 N–H and O–H groups in total. The second-order valence-electron chi connectivity index (χ2n) is 6.08. The molecule has 2 atom stereocenters. The van der Waals surface area contributed by atoms with E-state index in [1.165, 1.54) is 0 Å². The van der Waals surface area contributed by atoms with Crippen LogP contribution in [0.15, 0.2) is 66.2 Å². The van der Waals surface area contributed by atoms with Crippen LogP contribution in [0.5, 0.6) is 11.5 Å². The van der Waals surface area contributed by atoms with E-state index < -0.39 is 10.1 Å². The van der Waals surface area contributed by atoms with Gasteiger partial charge in [0.15, 0.2) is 23.4 Å². The van der Waals surface area contributed by atoms with Crippen LogP contribution in [0, 0.1) is 16.0 Å². The third-order valence-electron chi connectivity index (χ3n) is 4.15. The number of nitrogens with zero attached hydrogens (tertiary/aromatic N) is 3. The normalized spacial score (nSPS) is 20.0. The van der Waals surface area contributed by atoms with Crippen molar-refractivity contribution in [1.82, 2.24) is 9.55 Å². The number of aromatic nitrogens is 2. The molecule has 0 saturated carbocycles. The van der Waals surface area contributed by atoms with Gasteiger partial charge in [-0.25, -0.2) is 4.98 Å². The van der Waals surface area contributed by atoms with Crippen molar-refractivity contribution in [3.05, 3.63) is 76.4 Å². The number of methoxy groups -OCH3 is 1. The van der Waals surface area contributed by atoms with Gasteiger partial charge in [-0.05, 0) is 30.7 Å². The Bertz CT molecular complexity index is 871. The molecule has 11 heteroatoms. The van der Waals surface area contributed by atoms with Gasteiger partial charge in [-0.1, -0.05) is 41.4 Å². The van der Waals surface area contributed by atoms with E-state index >= 15 is 0 Å². The van der Waals surface area contributed by atoms with Crippen molar-refractivity contribution in [3.63, 3.8) is 0 Å². The average Bonchev–Trinajstić information content (AvgIpc) is 3.21. The molecule has 1 aromatic heterocycles. The first kappa shape index (κ1) is 23.5. The summed E-state index contributed by atoms with van der Waals surface area (Å²) in [5, 5.41) is 13.1. The molecule has 9 nitrogen and oxygen atoms in total. The highest BCUT2D eigenvalue weighted by molar-refractivity contribution is 6.33. The van der Waals surface area contributed by atoms with Crippen molar-refractivity contribution in [1.29, 1.82) is 0 Å². The number of halogens is 2. The maximum Gasteiger partial charge on any atom is 0.291 e. The van der Waals surface area contributed by atoms with Gasteiger partial charge in [0.1, 0.15) is 0 Å². The van der Waals surface area contributed by atoms with E-state index in [0.717, 1.165) is 13.0 Å². The SMILES string of the molecule is COc1ccccc1OCOC1(Cl)C=C(Cl)C=CC1CCn1ccnc1.O=[N+]([O-])O. The number of rotatable bonds is 8. The van der Waals surface area contributed by atoms with Gasteiger partial charge in [0.2, 0.25) is 0 Å². The van der Waals surface area contributed by atoms with Gasteiger partial charge in [-0.3, -0.25) is 0 Å². The third-order valence-corrected chi connectivity index (χ3v) is 4.88. The second kappa shape index (κ2) is 11.4. The Balaban J connectivity index is 0.000000735. The fourth-order valence-corrected chi connectivity index (χ4v) is 3.39. The minimum Gasteiger partial charge on any atom is -0.493 e. The van der Waals surface area contributed by atoms with Crippen molar-refractivity contribution in [2.45, 2.75) is 18.0 Å². The summed E-state index contributed by atoms with van der Waals surface area (Å²) < 4.78 is 18.8. The molecule has 0 aliphatic heterocycles. The Labute approximate surface area is 183 Å². The standard InChI is InChI=1S/C19H20Cl2N2O3.HNO3/c1-24-17-4-2-3-5-18(17)25-14-26-19(21)12-16(20)7-6-15(19)8-10-23-11-9-22-13-23;2-1(3)4/h2-7,9,11-13,15H,8,10,14H2,1H3;(H,2,3,4). The number of ether oxygens (including phenoxy) is 3. The molecule has 1 aliphatic carbocycles. The number of allylic oxidation sites excluding steroid dienone is 2. The van der Waals surface area contributed by atoms with Crippen LogP contribution in [-0.4, -0.2) is 38.8 Å². The lowest BCUT2D eigenvalue weighted by Crippen LogP contribution is -2.36. The van der Waals surface area contributed by atoms with Crippen LogP contribution < -0.4 is 9.47 Å². The van der Waals surface area contributed by atoms with Crippen LogP contribution in [0.4, 0.5) is 0 Å². The number of alkyl halides is 1. The zero-order valence-electron chi connectivity index (χ0n) is 16.1. The summed E-state index contributed by atoms with van der Waals surface area (Å²) in [5.41, 5.74) is 0. The van der Waals surface area contributed by atoms with E-state index in [2.05, 4.69) is 4.98 Å². The Hall–Kier alpha value is -2.75. The second-order valence-corrected chi connectivity index (χ2v) is 7.10. The van der Waals surface area contributed by atoms with Crippen LogP contribution in [0.3, 0.4) is 0 Å². The van der Waals surface area contributed by atoms with Crippen molar-refractivity contribution < 1.29 is 24.5 Å². The van der Waals surface area contributed by atoms with E-state index in [1.807, 2.05) is 47.2 Å². The average molecular weight is 458 g/mol. The molecule has 162 valence electrons. The van der Waals surface area contributed by atoms with Crippen LogP contribution >= 0.6 is 23.2 Å². The molecule has 0 bridgehead atoms. The summed E-state index contributed by atoms with van der Waals surface area (Å²) in [4.78, 5) is 12.4. The summed E-state index contributed by atoms with van der Waals surface area (Å²) in [6.45, 7) is 0.742. The molecule has 0 saturated heterocycles. The zero-order valence-corrected chi connectivity index (χ0v) is 17.6. The lowest BCUT2D eigenvalue weighted by atomic mass is 9.93. The van der Waals surface area contributed by atoms with Gasteiger partial charge >= 0.3 is 0 Å². The fraction of sp³-hybridized carbons (Fsp3) is 0.316. The molecule has 0 radical (unpaired) electrons. The number of imidazole rings is 1. The summed E-state index contributed by atoms with van der Waals surface area (Å²) >= 11 is 12.9. The molecular formula is C19H21Cl2N3O6. The minimum atomic E-state index is -1.50. The van der Waals surface area contributed by atoms with E-state index in [4.69, 9.17) is 52.7 Å². The summed E-state index contributed by atoms with van der Waals surface area (Å²) in [6.07, 6.45) is 11.7. The largest absolute Gasteiger partial charge is 0.493 e. The lowest BCUT2D eigenvalue weighted by molar-refractivity contribution is -0.742. The third kappa shape index (κ3) is 7.25. The Morgan fingerprint density at radius 1 is 1.37 bits per heavy atom. The molecule has 2 aromatic rings. The molecule has 0 spiro atoms. The van der Waals surface area contributed by atoms with E-state index in [-0.39, 0.29) is 12.7 Å². The van der Waals surface area contributed by atoms with Gasteiger partial charge in [0.05, 0.1) is 13.4 Å². The number of aryl methyl sites for hydroxylation is 1. The summed E-state index contributed by atoms with van der Waals surface area (Å²) in [6, 6.07) is 7.36. The van der Waals surface area contributed by atoms with Gasteiger partial charge in [0, 0.05) is 29.9 Å². The number of benzene rings is 1. The fourth-order valence-electron chi connectivity index (χ4n) is 2.75. The molecule has 1 aliphatic rings. The van der Waals surface area contributed by atoms with Crippen molar-refractivity contribution in [2.75, 3.05) is 13.9 Å². The molecule has 0 amide bonds. The smallest absolute Gasteiger partial charge is 0.291 e. The highest BCUT2D eigenvalue weighted by atomic mass is 35.5. The van der Waals surface area contributed by atoms with E-state index in [0.29, 0.717) is 16.5 Å².